The Bertz CT molecular complexity index is 499. The highest BCUT2D eigenvalue weighted by molar-refractivity contribution is 6.31. The van der Waals surface area contributed by atoms with Crippen molar-refractivity contribution in [2.45, 2.75) is 6.92 Å². The molecule has 0 saturated carbocycles. The molecular weight excluding hydrogens is 215 g/mol. The molecule has 2 rings (SSSR count). The molecule has 0 spiro atoms. The molecule has 0 aliphatic rings. The summed E-state index contributed by atoms with van der Waals surface area (Å²) in [5.74, 6) is -0.391. The summed E-state index contributed by atoms with van der Waals surface area (Å²) in [6.07, 6.45) is 1.58. The van der Waals surface area contributed by atoms with E-state index in [1.807, 2.05) is 13.0 Å². The number of halogens is 2. The molecule has 0 bridgehead atoms. The summed E-state index contributed by atoms with van der Waals surface area (Å²) in [5, 5.41) is 4.23. The van der Waals surface area contributed by atoms with Gasteiger partial charge in [-0.2, -0.15) is 0 Å². The lowest BCUT2D eigenvalue weighted by atomic mass is 10.2. The first kappa shape index (κ1) is 10.2. The van der Waals surface area contributed by atoms with Crippen molar-refractivity contribution in [1.29, 1.82) is 0 Å². The van der Waals surface area contributed by atoms with E-state index in [2.05, 4.69) is 10.3 Å². The number of rotatable bonds is 2. The molecule has 15 heavy (non-hydrogen) atoms. The second kappa shape index (κ2) is 4.03. The van der Waals surface area contributed by atoms with Crippen molar-refractivity contribution in [1.82, 2.24) is 4.98 Å². The lowest BCUT2D eigenvalue weighted by Crippen LogP contribution is -1.98. The van der Waals surface area contributed by atoms with Crippen LogP contribution in [0.3, 0.4) is 0 Å². The monoisotopic (exact) mass is 224 g/mol. The van der Waals surface area contributed by atoms with Gasteiger partial charge in [-0.05, 0) is 25.1 Å². The predicted molar refractivity (Wildman–Crippen MR) is 60.9 cm³/mol. The lowest BCUT2D eigenvalue weighted by Gasteiger charge is -2.07. The molecule has 2 aromatic rings. The zero-order valence-electron chi connectivity index (χ0n) is 8.22. The Labute approximate surface area is 92.1 Å². The molecule has 0 radical (unpaired) electrons. The van der Waals surface area contributed by atoms with Crippen molar-refractivity contribution in [3.63, 3.8) is 0 Å². The van der Waals surface area contributed by atoms with Gasteiger partial charge in [-0.3, -0.25) is 4.98 Å². The van der Waals surface area contributed by atoms with Crippen LogP contribution in [0.25, 0.3) is 10.9 Å². The molecule has 1 aromatic heterocycles. The lowest BCUT2D eigenvalue weighted by molar-refractivity contribution is 0.637. The molecule has 0 aliphatic heterocycles. The van der Waals surface area contributed by atoms with Crippen LogP contribution in [0.2, 0.25) is 5.02 Å². The van der Waals surface area contributed by atoms with Gasteiger partial charge < -0.3 is 5.32 Å². The van der Waals surface area contributed by atoms with Crippen LogP contribution in [0, 0.1) is 5.82 Å². The molecule has 78 valence electrons. The molecule has 4 heteroatoms. The van der Waals surface area contributed by atoms with E-state index in [1.165, 1.54) is 6.07 Å². The van der Waals surface area contributed by atoms with Crippen molar-refractivity contribution in [2.75, 3.05) is 11.9 Å². The highest BCUT2D eigenvalue weighted by atomic mass is 35.5. The van der Waals surface area contributed by atoms with Crippen molar-refractivity contribution >= 4 is 28.2 Å². The van der Waals surface area contributed by atoms with E-state index >= 15 is 0 Å². The van der Waals surface area contributed by atoms with Crippen LogP contribution in [-0.4, -0.2) is 11.5 Å². The fraction of sp³-hybridized carbons (Fsp3) is 0.182. The SMILES string of the molecule is CCNc1ccnc2c(F)cc(Cl)cc12. The first-order chi connectivity index (χ1) is 7.22. The quantitative estimate of drug-likeness (QED) is 0.845. The summed E-state index contributed by atoms with van der Waals surface area (Å²) < 4.78 is 13.5. The van der Waals surface area contributed by atoms with Gasteiger partial charge in [-0.1, -0.05) is 11.6 Å². The number of fused-ring (bicyclic) bond motifs is 1. The van der Waals surface area contributed by atoms with Gasteiger partial charge >= 0.3 is 0 Å². The van der Waals surface area contributed by atoms with Crippen LogP contribution in [0.1, 0.15) is 6.92 Å². The Hall–Kier alpha value is -1.35. The average molecular weight is 225 g/mol. The standard InChI is InChI=1S/C11H10ClFN2/c1-2-14-10-3-4-15-11-8(10)5-7(12)6-9(11)13/h3-6H,2H2,1H3,(H,14,15). The number of aromatic nitrogens is 1. The van der Waals surface area contributed by atoms with E-state index in [-0.39, 0.29) is 0 Å². The summed E-state index contributed by atoms with van der Waals surface area (Å²) >= 11 is 5.80. The number of hydrogen-bond donors (Lipinski definition) is 1. The Morgan fingerprint density at radius 2 is 2.27 bits per heavy atom. The van der Waals surface area contributed by atoms with Crippen molar-refractivity contribution in [2.24, 2.45) is 0 Å². The fourth-order valence-electron chi connectivity index (χ4n) is 1.52. The number of pyridine rings is 1. The molecule has 2 nitrogen and oxygen atoms in total. The Kier molecular flexibility index (Phi) is 2.73. The van der Waals surface area contributed by atoms with Crippen LogP contribution in [0.4, 0.5) is 10.1 Å². The second-order valence-electron chi connectivity index (χ2n) is 3.17. The van der Waals surface area contributed by atoms with Crippen LogP contribution in [-0.2, 0) is 0 Å². The topological polar surface area (TPSA) is 24.9 Å². The minimum atomic E-state index is -0.391. The molecule has 1 heterocycles. The molecule has 0 fully saturated rings. The van der Waals surface area contributed by atoms with E-state index in [0.29, 0.717) is 15.9 Å². The smallest absolute Gasteiger partial charge is 0.150 e. The van der Waals surface area contributed by atoms with Crippen molar-refractivity contribution < 1.29 is 4.39 Å². The van der Waals surface area contributed by atoms with E-state index < -0.39 is 5.82 Å². The molecule has 1 N–H and O–H groups in total. The zero-order valence-corrected chi connectivity index (χ0v) is 8.98. The van der Waals surface area contributed by atoms with Gasteiger partial charge in [-0.15, -0.1) is 0 Å². The maximum atomic E-state index is 13.5. The molecular formula is C11H10ClFN2. The molecule has 1 aromatic carbocycles. The number of nitrogens with one attached hydrogen (secondary N) is 1. The predicted octanol–water partition coefficient (Wildman–Crippen LogP) is 3.46. The van der Waals surface area contributed by atoms with Gasteiger partial charge in [0.05, 0.1) is 0 Å². The van der Waals surface area contributed by atoms with Gasteiger partial charge in [0.2, 0.25) is 0 Å². The van der Waals surface area contributed by atoms with Gasteiger partial charge in [0.1, 0.15) is 5.52 Å². The van der Waals surface area contributed by atoms with Crippen LogP contribution < -0.4 is 5.32 Å². The van der Waals surface area contributed by atoms with Crippen molar-refractivity contribution in [3.8, 4) is 0 Å². The molecule has 0 saturated heterocycles. The Balaban J connectivity index is 2.73. The second-order valence-corrected chi connectivity index (χ2v) is 3.61. The molecule has 0 aliphatic carbocycles. The maximum absolute atomic E-state index is 13.5. The van der Waals surface area contributed by atoms with Crippen molar-refractivity contribution in [3.05, 3.63) is 35.2 Å². The van der Waals surface area contributed by atoms with E-state index in [4.69, 9.17) is 11.6 Å². The number of anilines is 1. The third kappa shape index (κ3) is 1.88. The summed E-state index contributed by atoms with van der Waals surface area (Å²) in [5.41, 5.74) is 1.20. The minimum absolute atomic E-state index is 0.345. The Morgan fingerprint density at radius 3 is 3.00 bits per heavy atom. The fourth-order valence-corrected chi connectivity index (χ4v) is 1.73. The highest BCUT2D eigenvalue weighted by Crippen LogP contribution is 2.27. The summed E-state index contributed by atoms with van der Waals surface area (Å²) in [6.45, 7) is 2.75. The molecule has 0 amide bonds. The van der Waals surface area contributed by atoms with Gasteiger partial charge in [0, 0.05) is 28.8 Å². The third-order valence-corrected chi connectivity index (χ3v) is 2.35. The van der Waals surface area contributed by atoms with E-state index in [1.54, 1.807) is 12.3 Å². The largest absolute Gasteiger partial charge is 0.385 e. The maximum Gasteiger partial charge on any atom is 0.150 e. The first-order valence-electron chi connectivity index (χ1n) is 4.70. The molecule has 0 unspecified atom stereocenters. The highest BCUT2D eigenvalue weighted by Gasteiger charge is 2.07. The normalized spacial score (nSPS) is 10.6. The minimum Gasteiger partial charge on any atom is -0.385 e. The summed E-state index contributed by atoms with van der Waals surface area (Å²) in [6, 6.07) is 4.79. The molecule has 0 atom stereocenters. The first-order valence-corrected chi connectivity index (χ1v) is 5.08. The Morgan fingerprint density at radius 1 is 1.47 bits per heavy atom. The van der Waals surface area contributed by atoms with Gasteiger partial charge in [-0.25, -0.2) is 4.39 Å². The van der Waals surface area contributed by atoms with Gasteiger partial charge in [0.25, 0.3) is 0 Å². The van der Waals surface area contributed by atoms with Crippen LogP contribution in [0.5, 0.6) is 0 Å². The number of nitrogens with zero attached hydrogens (tertiary/aromatic N) is 1. The summed E-state index contributed by atoms with van der Waals surface area (Å²) in [7, 11) is 0. The zero-order chi connectivity index (χ0) is 10.8. The third-order valence-electron chi connectivity index (χ3n) is 2.13. The number of benzene rings is 1. The van der Waals surface area contributed by atoms with E-state index in [9.17, 15) is 4.39 Å². The van der Waals surface area contributed by atoms with Crippen LogP contribution >= 0.6 is 11.6 Å². The number of hydrogen-bond acceptors (Lipinski definition) is 2. The van der Waals surface area contributed by atoms with Gasteiger partial charge in [0.15, 0.2) is 5.82 Å². The van der Waals surface area contributed by atoms with E-state index in [0.717, 1.165) is 12.2 Å². The average Bonchev–Trinajstić information content (AvgIpc) is 2.19. The summed E-state index contributed by atoms with van der Waals surface area (Å²) in [4.78, 5) is 3.99. The van der Waals surface area contributed by atoms with Crippen LogP contribution in [0.15, 0.2) is 24.4 Å².